The Balaban J connectivity index is 3.08. The van der Waals surface area contributed by atoms with Crippen LogP contribution in [0.3, 0.4) is 0 Å². The van der Waals surface area contributed by atoms with Gasteiger partial charge in [0.05, 0.1) is 18.0 Å². The minimum absolute atomic E-state index is 0.0800. The van der Waals surface area contributed by atoms with Crippen LogP contribution < -0.4 is 5.73 Å². The quantitative estimate of drug-likeness (QED) is 0.821. The van der Waals surface area contributed by atoms with Crippen LogP contribution in [-0.2, 0) is 18.2 Å². The summed E-state index contributed by atoms with van der Waals surface area (Å²) in [6.07, 6.45) is 1.60. The monoisotopic (exact) mass is 282 g/mol. The van der Waals surface area contributed by atoms with Gasteiger partial charge in [-0.3, -0.25) is 9.48 Å². The molecule has 20 heavy (non-hydrogen) atoms. The standard InChI is InChI=1S/C14H26N4O2/c1-6-10(3)18(8-9-20-5)14(19)13-12(15)11(7-2)16-17(13)4/h10H,6-9,15H2,1-5H3. The number of nitrogen functional groups attached to an aromatic ring is 1. The van der Waals surface area contributed by atoms with E-state index >= 15 is 0 Å². The molecule has 1 amide bonds. The summed E-state index contributed by atoms with van der Waals surface area (Å²) in [7, 11) is 3.39. The maximum absolute atomic E-state index is 12.8. The largest absolute Gasteiger partial charge is 0.395 e. The highest BCUT2D eigenvalue weighted by Gasteiger charge is 2.26. The third kappa shape index (κ3) is 3.30. The Kier molecular flexibility index (Phi) is 6.01. The van der Waals surface area contributed by atoms with E-state index in [0.717, 1.165) is 12.1 Å². The maximum Gasteiger partial charge on any atom is 0.274 e. The highest BCUT2D eigenvalue weighted by atomic mass is 16.5. The molecule has 1 atom stereocenters. The molecule has 1 rings (SSSR count). The highest BCUT2D eigenvalue weighted by Crippen LogP contribution is 2.20. The summed E-state index contributed by atoms with van der Waals surface area (Å²) < 4.78 is 6.67. The van der Waals surface area contributed by atoms with E-state index in [1.54, 1.807) is 23.7 Å². The van der Waals surface area contributed by atoms with Crippen molar-refractivity contribution in [2.75, 3.05) is 26.0 Å². The van der Waals surface area contributed by atoms with Crippen LogP contribution in [0.4, 0.5) is 5.69 Å². The zero-order chi connectivity index (χ0) is 15.3. The smallest absolute Gasteiger partial charge is 0.274 e. The van der Waals surface area contributed by atoms with Gasteiger partial charge in [0.15, 0.2) is 0 Å². The molecule has 0 bridgehead atoms. The van der Waals surface area contributed by atoms with Gasteiger partial charge in [-0.2, -0.15) is 5.10 Å². The fraction of sp³-hybridized carbons (Fsp3) is 0.714. The molecule has 0 aliphatic heterocycles. The molecule has 0 radical (unpaired) electrons. The molecule has 1 aromatic heterocycles. The van der Waals surface area contributed by atoms with E-state index < -0.39 is 0 Å². The zero-order valence-electron chi connectivity index (χ0n) is 13.1. The second kappa shape index (κ2) is 7.28. The van der Waals surface area contributed by atoms with Gasteiger partial charge in [-0.15, -0.1) is 0 Å². The van der Waals surface area contributed by atoms with Gasteiger partial charge in [0.1, 0.15) is 5.69 Å². The number of aryl methyl sites for hydroxylation is 2. The first-order chi connectivity index (χ1) is 9.47. The number of nitrogens with two attached hydrogens (primary N) is 1. The molecule has 0 aromatic carbocycles. The highest BCUT2D eigenvalue weighted by molar-refractivity contribution is 5.98. The van der Waals surface area contributed by atoms with Crippen molar-refractivity contribution in [1.29, 1.82) is 0 Å². The van der Waals surface area contributed by atoms with Crippen LogP contribution in [-0.4, -0.2) is 46.9 Å². The molecule has 114 valence electrons. The lowest BCUT2D eigenvalue weighted by Gasteiger charge is -2.28. The van der Waals surface area contributed by atoms with E-state index in [1.807, 2.05) is 13.8 Å². The van der Waals surface area contributed by atoms with Crippen LogP contribution in [0.15, 0.2) is 0 Å². The summed E-state index contributed by atoms with van der Waals surface area (Å²) >= 11 is 0. The number of carbonyl (C=O) groups is 1. The molecule has 6 heteroatoms. The number of hydrogen-bond donors (Lipinski definition) is 1. The Labute approximate surface area is 120 Å². The Morgan fingerprint density at radius 3 is 2.60 bits per heavy atom. The van der Waals surface area contributed by atoms with Gasteiger partial charge in [-0.1, -0.05) is 13.8 Å². The van der Waals surface area contributed by atoms with Gasteiger partial charge in [0, 0.05) is 26.7 Å². The Morgan fingerprint density at radius 2 is 2.15 bits per heavy atom. The van der Waals surface area contributed by atoms with Crippen molar-refractivity contribution in [2.24, 2.45) is 7.05 Å². The van der Waals surface area contributed by atoms with Gasteiger partial charge in [0.25, 0.3) is 5.91 Å². The molecule has 0 aliphatic rings. The second-order valence-electron chi connectivity index (χ2n) is 4.93. The summed E-state index contributed by atoms with van der Waals surface area (Å²) in [5.74, 6) is -0.0800. The van der Waals surface area contributed by atoms with Crippen molar-refractivity contribution in [3.63, 3.8) is 0 Å². The van der Waals surface area contributed by atoms with Crippen LogP contribution in [0.2, 0.25) is 0 Å². The number of amides is 1. The van der Waals surface area contributed by atoms with Gasteiger partial charge >= 0.3 is 0 Å². The van der Waals surface area contributed by atoms with E-state index in [0.29, 0.717) is 31.0 Å². The zero-order valence-corrected chi connectivity index (χ0v) is 13.1. The van der Waals surface area contributed by atoms with E-state index in [-0.39, 0.29) is 11.9 Å². The number of carbonyl (C=O) groups excluding carboxylic acids is 1. The first kappa shape index (κ1) is 16.5. The molecule has 0 fully saturated rings. The van der Waals surface area contributed by atoms with Crippen LogP contribution >= 0.6 is 0 Å². The third-order valence-electron chi connectivity index (χ3n) is 3.62. The number of nitrogens with zero attached hydrogens (tertiary/aromatic N) is 3. The first-order valence-electron chi connectivity index (χ1n) is 7.09. The lowest BCUT2D eigenvalue weighted by atomic mass is 10.1. The van der Waals surface area contributed by atoms with E-state index in [2.05, 4.69) is 12.0 Å². The predicted octanol–water partition coefficient (Wildman–Crippen LogP) is 1.45. The van der Waals surface area contributed by atoms with Crippen molar-refractivity contribution in [3.8, 4) is 0 Å². The number of anilines is 1. The summed E-state index contributed by atoms with van der Waals surface area (Å²) in [4.78, 5) is 14.6. The summed E-state index contributed by atoms with van der Waals surface area (Å²) in [6, 6.07) is 0.136. The minimum atomic E-state index is -0.0800. The Hall–Kier alpha value is -1.56. The Bertz CT molecular complexity index is 456. The van der Waals surface area contributed by atoms with Crippen molar-refractivity contribution in [2.45, 2.75) is 39.7 Å². The molecule has 0 saturated carbocycles. The first-order valence-corrected chi connectivity index (χ1v) is 7.09. The third-order valence-corrected chi connectivity index (χ3v) is 3.62. The molecule has 0 saturated heterocycles. The molecular formula is C14H26N4O2. The van der Waals surface area contributed by atoms with Crippen LogP contribution in [0.5, 0.6) is 0 Å². The molecule has 2 N–H and O–H groups in total. The normalized spacial score (nSPS) is 12.4. The molecule has 1 unspecified atom stereocenters. The minimum Gasteiger partial charge on any atom is -0.395 e. The average molecular weight is 282 g/mol. The van der Waals surface area contributed by atoms with Crippen LogP contribution in [0.25, 0.3) is 0 Å². The fourth-order valence-electron chi connectivity index (χ4n) is 2.18. The number of methoxy groups -OCH3 is 1. The van der Waals surface area contributed by atoms with Crippen LogP contribution in [0.1, 0.15) is 43.4 Å². The molecule has 0 spiro atoms. The Morgan fingerprint density at radius 1 is 1.50 bits per heavy atom. The lowest BCUT2D eigenvalue weighted by Crippen LogP contribution is -2.41. The number of hydrogen-bond acceptors (Lipinski definition) is 4. The van der Waals surface area contributed by atoms with Crippen molar-refractivity contribution >= 4 is 11.6 Å². The number of rotatable bonds is 7. The van der Waals surface area contributed by atoms with Gasteiger partial charge in [0.2, 0.25) is 0 Å². The molecule has 6 nitrogen and oxygen atoms in total. The maximum atomic E-state index is 12.8. The number of aromatic nitrogens is 2. The molecule has 1 heterocycles. The summed E-state index contributed by atoms with van der Waals surface area (Å²) in [5.41, 5.74) is 7.79. The van der Waals surface area contributed by atoms with Gasteiger partial charge in [-0.25, -0.2) is 0 Å². The van der Waals surface area contributed by atoms with Crippen molar-refractivity contribution in [3.05, 3.63) is 11.4 Å². The average Bonchev–Trinajstić information content (AvgIpc) is 2.72. The molecule has 1 aromatic rings. The second-order valence-corrected chi connectivity index (χ2v) is 4.93. The summed E-state index contributed by atoms with van der Waals surface area (Å²) in [5, 5.41) is 4.31. The van der Waals surface area contributed by atoms with E-state index in [9.17, 15) is 4.79 Å². The molecule has 0 aliphatic carbocycles. The van der Waals surface area contributed by atoms with Crippen molar-refractivity contribution < 1.29 is 9.53 Å². The van der Waals surface area contributed by atoms with E-state index in [1.165, 1.54) is 0 Å². The fourth-order valence-corrected chi connectivity index (χ4v) is 2.18. The predicted molar refractivity (Wildman–Crippen MR) is 79.7 cm³/mol. The van der Waals surface area contributed by atoms with E-state index in [4.69, 9.17) is 10.5 Å². The summed E-state index contributed by atoms with van der Waals surface area (Å²) in [6.45, 7) is 7.12. The topological polar surface area (TPSA) is 73.4 Å². The molecular weight excluding hydrogens is 256 g/mol. The van der Waals surface area contributed by atoms with Gasteiger partial charge in [-0.05, 0) is 19.8 Å². The number of ether oxygens (including phenoxy) is 1. The SMILES string of the molecule is CCc1nn(C)c(C(=O)N(CCOC)C(C)CC)c1N. The van der Waals surface area contributed by atoms with Crippen molar-refractivity contribution in [1.82, 2.24) is 14.7 Å². The van der Waals surface area contributed by atoms with Gasteiger partial charge < -0.3 is 15.4 Å². The van der Waals surface area contributed by atoms with Crippen LogP contribution in [0, 0.1) is 0 Å². The lowest BCUT2D eigenvalue weighted by molar-refractivity contribution is 0.0604.